The highest BCUT2D eigenvalue weighted by molar-refractivity contribution is 7.94. The SMILES string of the molecule is CCC(C)C(C(CC(=O)N1CCCC1C(OC)C(C)C(=O)NC(C)C(SO)c1ccccc1)OC)N(C)C(=O)CNC(=O)OCC1c2ccccc2-c2ccccc21. The molecule has 1 aliphatic carbocycles. The van der Waals surface area contributed by atoms with Crippen LogP contribution in [0.1, 0.15) is 81.2 Å². The van der Waals surface area contributed by atoms with Gasteiger partial charge in [0.25, 0.3) is 0 Å². The van der Waals surface area contributed by atoms with Crippen molar-refractivity contribution in [3.05, 3.63) is 95.6 Å². The molecule has 2 aliphatic rings. The summed E-state index contributed by atoms with van der Waals surface area (Å²) in [6, 6.07) is 24.5. The summed E-state index contributed by atoms with van der Waals surface area (Å²) in [4.78, 5) is 57.7. The van der Waals surface area contributed by atoms with Crippen molar-refractivity contribution in [3.63, 3.8) is 0 Å². The molecule has 13 heteroatoms. The zero-order chi connectivity index (χ0) is 41.9. The largest absolute Gasteiger partial charge is 0.449 e. The van der Waals surface area contributed by atoms with E-state index in [9.17, 15) is 23.7 Å². The zero-order valence-electron chi connectivity index (χ0n) is 34.8. The predicted molar refractivity (Wildman–Crippen MR) is 226 cm³/mol. The molecular formula is C45H60N4O8S. The number of likely N-dealkylation sites (N-methyl/N-ethyl adjacent to an activating group) is 1. The molecule has 1 fully saturated rings. The first-order valence-electron chi connectivity index (χ1n) is 20.3. The van der Waals surface area contributed by atoms with E-state index < -0.39 is 30.3 Å². The average molecular weight is 817 g/mol. The number of hydrogen-bond donors (Lipinski definition) is 3. The highest BCUT2D eigenvalue weighted by Gasteiger charge is 2.42. The van der Waals surface area contributed by atoms with Gasteiger partial charge in [0.1, 0.15) is 13.2 Å². The third-order valence-electron chi connectivity index (χ3n) is 12.1. The number of alkyl carbamates (subject to hydrolysis) is 1. The second kappa shape index (κ2) is 21.0. The van der Waals surface area contributed by atoms with Gasteiger partial charge >= 0.3 is 6.09 Å². The molecule has 3 aromatic carbocycles. The molecule has 58 heavy (non-hydrogen) atoms. The van der Waals surface area contributed by atoms with E-state index in [0.29, 0.717) is 25.0 Å². The van der Waals surface area contributed by atoms with Crippen LogP contribution in [-0.2, 0) is 28.6 Å². The fourth-order valence-corrected chi connectivity index (χ4v) is 9.29. The van der Waals surface area contributed by atoms with Crippen molar-refractivity contribution >= 4 is 35.9 Å². The maximum Gasteiger partial charge on any atom is 0.407 e. The van der Waals surface area contributed by atoms with Crippen molar-refractivity contribution in [2.75, 3.05) is 41.0 Å². The topological polar surface area (TPSA) is 147 Å². The van der Waals surface area contributed by atoms with E-state index in [1.807, 2.05) is 87.5 Å². The Morgan fingerprint density at radius 1 is 0.914 bits per heavy atom. The number of benzene rings is 3. The molecule has 8 atom stereocenters. The highest BCUT2D eigenvalue weighted by atomic mass is 32.2. The van der Waals surface area contributed by atoms with Gasteiger partial charge in [-0.3, -0.25) is 14.4 Å². The van der Waals surface area contributed by atoms with Gasteiger partial charge in [0.2, 0.25) is 17.7 Å². The molecular weight excluding hydrogens is 757 g/mol. The van der Waals surface area contributed by atoms with E-state index in [0.717, 1.165) is 40.7 Å². The van der Waals surface area contributed by atoms with Gasteiger partial charge in [-0.2, -0.15) is 0 Å². The van der Waals surface area contributed by atoms with Gasteiger partial charge in [-0.25, -0.2) is 4.79 Å². The van der Waals surface area contributed by atoms with Gasteiger partial charge in [0.15, 0.2) is 0 Å². The van der Waals surface area contributed by atoms with Crippen LogP contribution >= 0.6 is 12.0 Å². The van der Waals surface area contributed by atoms with Crippen LogP contribution in [-0.4, -0.2) is 109 Å². The van der Waals surface area contributed by atoms with Crippen LogP contribution in [0.25, 0.3) is 11.1 Å². The van der Waals surface area contributed by atoms with Crippen molar-refractivity contribution in [2.24, 2.45) is 11.8 Å². The second-order valence-electron chi connectivity index (χ2n) is 15.6. The van der Waals surface area contributed by atoms with Crippen LogP contribution in [0.4, 0.5) is 4.79 Å². The fraction of sp³-hybridized carbons (Fsp3) is 0.511. The molecule has 12 nitrogen and oxygen atoms in total. The lowest BCUT2D eigenvalue weighted by atomic mass is 9.90. The molecule has 4 amide bonds. The van der Waals surface area contributed by atoms with Gasteiger partial charge in [0.05, 0.1) is 41.9 Å². The minimum absolute atomic E-state index is 0.0138. The molecule has 0 saturated carbocycles. The Labute approximate surface area is 347 Å². The predicted octanol–water partition coefficient (Wildman–Crippen LogP) is 6.90. The lowest BCUT2D eigenvalue weighted by Crippen LogP contribution is -2.54. The number of rotatable bonds is 19. The zero-order valence-corrected chi connectivity index (χ0v) is 35.6. The number of carbonyl (C=O) groups is 4. The van der Waals surface area contributed by atoms with Crippen LogP contribution in [0, 0.1) is 11.8 Å². The maximum atomic E-state index is 14.1. The van der Waals surface area contributed by atoms with E-state index in [4.69, 9.17) is 14.2 Å². The number of methoxy groups -OCH3 is 2. The first-order chi connectivity index (χ1) is 27.9. The normalized spacial score (nSPS) is 18.5. The van der Waals surface area contributed by atoms with E-state index in [-0.39, 0.29) is 66.5 Å². The Bertz CT molecular complexity index is 1800. The summed E-state index contributed by atoms with van der Waals surface area (Å²) in [6.07, 6.45) is 0.263. The van der Waals surface area contributed by atoms with Gasteiger partial charge in [0, 0.05) is 39.8 Å². The molecule has 8 unspecified atom stereocenters. The molecule has 0 radical (unpaired) electrons. The quantitative estimate of drug-likeness (QED) is 0.110. The molecule has 1 heterocycles. The fourth-order valence-electron chi connectivity index (χ4n) is 8.76. The third kappa shape index (κ3) is 10.2. The summed E-state index contributed by atoms with van der Waals surface area (Å²) >= 11 is 0.693. The van der Waals surface area contributed by atoms with Crippen molar-refractivity contribution in [3.8, 4) is 11.1 Å². The van der Waals surface area contributed by atoms with Gasteiger partial charge in [-0.1, -0.05) is 106 Å². The van der Waals surface area contributed by atoms with Crippen LogP contribution < -0.4 is 10.6 Å². The number of amides is 4. The molecule has 314 valence electrons. The number of nitrogens with zero attached hydrogens (tertiary/aromatic N) is 2. The van der Waals surface area contributed by atoms with Crippen LogP contribution in [0.5, 0.6) is 0 Å². The number of nitrogens with one attached hydrogen (secondary N) is 2. The Kier molecular flexibility index (Phi) is 16.2. The molecule has 1 saturated heterocycles. The van der Waals surface area contributed by atoms with Crippen LogP contribution in [0.3, 0.4) is 0 Å². The summed E-state index contributed by atoms with van der Waals surface area (Å²) in [6.45, 7) is 8.06. The van der Waals surface area contributed by atoms with Crippen molar-refractivity contribution in [1.82, 2.24) is 20.4 Å². The third-order valence-corrected chi connectivity index (χ3v) is 13.0. The molecule has 0 aromatic heterocycles. The summed E-state index contributed by atoms with van der Waals surface area (Å²) in [5, 5.41) is 5.33. The van der Waals surface area contributed by atoms with Gasteiger partial charge in [-0.05, 0) is 65.5 Å². The first-order valence-corrected chi connectivity index (χ1v) is 21.1. The Morgan fingerprint density at radius 3 is 2.12 bits per heavy atom. The van der Waals surface area contributed by atoms with Gasteiger partial charge < -0.3 is 39.2 Å². The van der Waals surface area contributed by atoms with Crippen molar-refractivity contribution in [2.45, 2.75) is 94.9 Å². The van der Waals surface area contributed by atoms with E-state index in [1.165, 1.54) is 0 Å². The molecule has 5 rings (SSSR count). The standard InChI is InChI=1S/C45H60N4O8S/c1-8-28(2)41(48(5)40(51)26-46-45(53)57-27-36-34-21-14-12-19-32(34)33-20-13-15-22-35(33)36)38(55-6)25-39(50)49-24-16-23-37(49)42(56-7)29(3)44(52)47-30(4)43(58-54)31-17-10-9-11-18-31/h9-15,17-22,28-30,36-38,41-43,54H,8,16,23-27H2,1-7H3,(H,46,53)(H,47,52). The molecule has 1 aliphatic heterocycles. The molecule has 0 spiro atoms. The lowest BCUT2D eigenvalue weighted by Gasteiger charge is -2.39. The van der Waals surface area contributed by atoms with E-state index in [2.05, 4.69) is 22.8 Å². The van der Waals surface area contributed by atoms with Crippen molar-refractivity contribution in [1.29, 1.82) is 0 Å². The summed E-state index contributed by atoms with van der Waals surface area (Å²) in [5.41, 5.74) is 5.35. The van der Waals surface area contributed by atoms with Crippen LogP contribution in [0.15, 0.2) is 78.9 Å². The summed E-state index contributed by atoms with van der Waals surface area (Å²) in [5.74, 6) is -1.45. The highest BCUT2D eigenvalue weighted by Crippen LogP contribution is 2.44. The van der Waals surface area contributed by atoms with Crippen LogP contribution in [0.2, 0.25) is 0 Å². The minimum atomic E-state index is -0.685. The monoisotopic (exact) mass is 816 g/mol. The molecule has 3 N–H and O–H groups in total. The number of fused-ring (bicyclic) bond motifs is 3. The maximum absolute atomic E-state index is 14.1. The average Bonchev–Trinajstić information content (AvgIpc) is 3.85. The first kappa shape index (κ1) is 44.7. The summed E-state index contributed by atoms with van der Waals surface area (Å²) in [7, 11) is 4.78. The number of carbonyl (C=O) groups excluding carboxylic acids is 4. The number of likely N-dealkylation sites (tertiary alicyclic amines) is 1. The van der Waals surface area contributed by atoms with E-state index >= 15 is 0 Å². The summed E-state index contributed by atoms with van der Waals surface area (Å²) < 4.78 is 27.6. The van der Waals surface area contributed by atoms with Crippen molar-refractivity contribution < 1.29 is 37.9 Å². The number of ether oxygens (including phenoxy) is 3. The van der Waals surface area contributed by atoms with Gasteiger partial charge in [-0.15, -0.1) is 0 Å². The second-order valence-corrected chi connectivity index (χ2v) is 16.3. The molecule has 0 bridgehead atoms. The lowest BCUT2D eigenvalue weighted by molar-refractivity contribution is -0.145. The Balaban J connectivity index is 1.18. The Morgan fingerprint density at radius 2 is 1.53 bits per heavy atom. The Hall–Kier alpha value is -4.43. The smallest absolute Gasteiger partial charge is 0.407 e. The number of hydrogen-bond acceptors (Lipinski definition) is 9. The molecule has 3 aromatic rings. The van der Waals surface area contributed by atoms with E-state index in [1.54, 1.807) is 38.0 Å². The minimum Gasteiger partial charge on any atom is -0.449 e.